The molecule has 106 valence electrons. The van der Waals surface area contributed by atoms with Gasteiger partial charge in [0.15, 0.2) is 0 Å². The highest BCUT2D eigenvalue weighted by Gasteiger charge is 2.17. The van der Waals surface area contributed by atoms with Crippen molar-refractivity contribution in [1.29, 1.82) is 0 Å². The second-order valence-electron chi connectivity index (χ2n) is 5.75. The summed E-state index contributed by atoms with van der Waals surface area (Å²) in [5.41, 5.74) is 9.53. The Bertz CT molecular complexity index is 559. The minimum atomic E-state index is 0.597. The molecule has 1 aliphatic heterocycles. The van der Waals surface area contributed by atoms with Gasteiger partial charge in [-0.25, -0.2) is 0 Å². The first-order chi connectivity index (χ1) is 9.72. The summed E-state index contributed by atoms with van der Waals surface area (Å²) in [5, 5.41) is 2.23. The third kappa shape index (κ3) is 3.05. The number of anilines is 1. The molecule has 0 aliphatic carbocycles. The highest BCUT2D eigenvalue weighted by molar-refractivity contribution is 7.10. The van der Waals surface area contributed by atoms with Crippen LogP contribution in [0.2, 0.25) is 0 Å². The summed E-state index contributed by atoms with van der Waals surface area (Å²) < 4.78 is 0. The first-order valence-electron chi connectivity index (χ1n) is 7.35. The van der Waals surface area contributed by atoms with Gasteiger partial charge in [0.2, 0.25) is 0 Å². The van der Waals surface area contributed by atoms with Gasteiger partial charge in [0.05, 0.1) is 0 Å². The van der Waals surface area contributed by atoms with Gasteiger partial charge in [0, 0.05) is 23.7 Å². The molecule has 0 radical (unpaired) electrons. The topological polar surface area (TPSA) is 29.3 Å². The third-order valence-corrected chi connectivity index (χ3v) is 5.29. The molecular weight excluding hydrogens is 264 g/mol. The molecule has 1 unspecified atom stereocenters. The molecule has 2 heterocycles. The van der Waals surface area contributed by atoms with Gasteiger partial charge in [-0.1, -0.05) is 19.1 Å². The van der Waals surface area contributed by atoms with Crippen LogP contribution in [0.25, 0.3) is 0 Å². The highest BCUT2D eigenvalue weighted by Crippen LogP contribution is 2.26. The Balaban J connectivity index is 1.54. The highest BCUT2D eigenvalue weighted by atomic mass is 32.1. The predicted molar refractivity (Wildman–Crippen MR) is 87.2 cm³/mol. The van der Waals surface area contributed by atoms with E-state index < -0.39 is 0 Å². The fourth-order valence-corrected chi connectivity index (χ4v) is 3.75. The minimum absolute atomic E-state index is 0.597. The van der Waals surface area contributed by atoms with Gasteiger partial charge in [-0.2, -0.15) is 0 Å². The van der Waals surface area contributed by atoms with Gasteiger partial charge >= 0.3 is 0 Å². The Morgan fingerprint density at radius 3 is 2.85 bits per heavy atom. The molecule has 0 fully saturated rings. The van der Waals surface area contributed by atoms with Crippen molar-refractivity contribution in [3.8, 4) is 0 Å². The number of fused-ring (bicyclic) bond motifs is 1. The summed E-state index contributed by atoms with van der Waals surface area (Å²) in [6.07, 6.45) is 2.44. The van der Waals surface area contributed by atoms with E-state index >= 15 is 0 Å². The van der Waals surface area contributed by atoms with Crippen LogP contribution in [0.1, 0.15) is 35.3 Å². The minimum Gasteiger partial charge on any atom is -0.399 e. The summed E-state index contributed by atoms with van der Waals surface area (Å²) in [7, 11) is 0. The molecule has 1 atom stereocenters. The molecule has 20 heavy (non-hydrogen) atoms. The van der Waals surface area contributed by atoms with Gasteiger partial charge in [-0.15, -0.1) is 11.3 Å². The van der Waals surface area contributed by atoms with E-state index in [0.717, 1.165) is 12.2 Å². The average Bonchev–Trinajstić information content (AvgIpc) is 2.93. The second-order valence-corrected chi connectivity index (χ2v) is 6.75. The van der Waals surface area contributed by atoms with Gasteiger partial charge in [0.1, 0.15) is 0 Å². The predicted octanol–water partition coefficient (Wildman–Crippen LogP) is 3.88. The molecule has 1 aromatic carbocycles. The summed E-state index contributed by atoms with van der Waals surface area (Å²) in [5.74, 6) is 0.597. The number of nitrogens with zero attached hydrogens (tertiary/aromatic N) is 1. The van der Waals surface area contributed by atoms with Crippen LogP contribution in [0.4, 0.5) is 5.69 Å². The van der Waals surface area contributed by atoms with Crippen LogP contribution in [0.3, 0.4) is 0 Å². The number of thiophene rings is 1. The number of hydrogen-bond donors (Lipinski definition) is 1. The number of rotatable bonds is 4. The van der Waals surface area contributed by atoms with E-state index in [1.807, 2.05) is 23.5 Å². The summed E-state index contributed by atoms with van der Waals surface area (Å²) in [6, 6.07) is 10.6. The Kier molecular flexibility index (Phi) is 4.08. The molecule has 3 heteroatoms. The number of hydrogen-bond acceptors (Lipinski definition) is 3. The lowest BCUT2D eigenvalue weighted by Crippen LogP contribution is -2.31. The van der Waals surface area contributed by atoms with Crippen molar-refractivity contribution in [2.45, 2.75) is 32.2 Å². The molecule has 2 N–H and O–H groups in total. The van der Waals surface area contributed by atoms with Crippen LogP contribution in [0.15, 0.2) is 35.7 Å². The van der Waals surface area contributed by atoms with Crippen molar-refractivity contribution in [3.05, 3.63) is 51.7 Å². The monoisotopic (exact) mass is 286 g/mol. The second kappa shape index (κ2) is 5.98. The molecule has 0 bridgehead atoms. The lowest BCUT2D eigenvalue weighted by Gasteiger charge is -2.28. The third-order valence-electron chi connectivity index (χ3n) is 4.27. The van der Waals surface area contributed by atoms with Crippen LogP contribution in [0.5, 0.6) is 0 Å². The van der Waals surface area contributed by atoms with Crippen LogP contribution >= 0.6 is 11.3 Å². The van der Waals surface area contributed by atoms with Crippen LogP contribution in [0, 0.1) is 0 Å². The summed E-state index contributed by atoms with van der Waals surface area (Å²) in [4.78, 5) is 4.18. The largest absolute Gasteiger partial charge is 0.399 e. The van der Waals surface area contributed by atoms with Gasteiger partial charge in [-0.05, 0) is 60.0 Å². The molecule has 0 saturated heterocycles. The molecule has 1 aromatic heterocycles. The normalized spacial score (nSPS) is 16.9. The van der Waals surface area contributed by atoms with Crippen LogP contribution in [-0.4, -0.2) is 18.0 Å². The Morgan fingerprint density at radius 1 is 1.25 bits per heavy atom. The van der Waals surface area contributed by atoms with E-state index in [-0.39, 0.29) is 0 Å². The molecular formula is C17H22N2S. The molecule has 0 amide bonds. The average molecular weight is 286 g/mol. The van der Waals surface area contributed by atoms with Crippen molar-refractivity contribution in [3.63, 3.8) is 0 Å². The van der Waals surface area contributed by atoms with Crippen molar-refractivity contribution >= 4 is 17.0 Å². The van der Waals surface area contributed by atoms with Crippen molar-refractivity contribution in [1.82, 2.24) is 4.90 Å². The zero-order valence-electron chi connectivity index (χ0n) is 12.0. The Labute approximate surface area is 125 Å². The zero-order chi connectivity index (χ0) is 13.9. The lowest BCUT2D eigenvalue weighted by atomic mass is 9.97. The first-order valence-corrected chi connectivity index (χ1v) is 8.23. The number of nitrogen functional groups attached to an aromatic ring is 1. The molecule has 0 spiro atoms. The standard InChI is InChI=1S/C17H22N2S/c1-13(14-2-4-16(18)5-3-14)6-9-19-10-7-17-15(12-19)8-11-20-17/h2-5,8,11,13H,6-7,9-10,12,18H2,1H3. The maximum Gasteiger partial charge on any atom is 0.0314 e. The molecule has 1 aliphatic rings. The van der Waals surface area contributed by atoms with Crippen LogP contribution < -0.4 is 5.73 Å². The maximum absolute atomic E-state index is 5.75. The smallest absolute Gasteiger partial charge is 0.0314 e. The summed E-state index contributed by atoms with van der Waals surface area (Å²) in [6.45, 7) is 5.83. The SMILES string of the molecule is CC(CCN1CCc2sccc2C1)c1ccc(N)cc1. The zero-order valence-corrected chi connectivity index (χ0v) is 12.8. The lowest BCUT2D eigenvalue weighted by molar-refractivity contribution is 0.247. The molecule has 0 saturated carbocycles. The van der Waals surface area contributed by atoms with Gasteiger partial charge in [0.25, 0.3) is 0 Å². The van der Waals surface area contributed by atoms with E-state index in [4.69, 9.17) is 5.73 Å². The van der Waals surface area contributed by atoms with Crippen molar-refractivity contribution < 1.29 is 0 Å². The van der Waals surface area contributed by atoms with Crippen LogP contribution in [-0.2, 0) is 13.0 Å². The van der Waals surface area contributed by atoms with E-state index in [9.17, 15) is 0 Å². The van der Waals surface area contributed by atoms with E-state index in [1.54, 1.807) is 10.4 Å². The Hall–Kier alpha value is -1.32. The van der Waals surface area contributed by atoms with Crippen molar-refractivity contribution in [2.75, 3.05) is 18.8 Å². The fraction of sp³-hybridized carbons (Fsp3) is 0.412. The Morgan fingerprint density at radius 2 is 2.05 bits per heavy atom. The van der Waals surface area contributed by atoms with Gasteiger partial charge < -0.3 is 5.73 Å². The molecule has 3 rings (SSSR count). The fourth-order valence-electron chi connectivity index (χ4n) is 2.87. The number of benzene rings is 1. The van der Waals surface area contributed by atoms with Gasteiger partial charge in [-0.3, -0.25) is 4.90 Å². The first kappa shape index (κ1) is 13.7. The number of nitrogens with two attached hydrogens (primary N) is 1. The molecule has 2 aromatic rings. The summed E-state index contributed by atoms with van der Waals surface area (Å²) >= 11 is 1.91. The van der Waals surface area contributed by atoms with E-state index in [0.29, 0.717) is 5.92 Å². The quantitative estimate of drug-likeness (QED) is 0.864. The van der Waals surface area contributed by atoms with Crippen molar-refractivity contribution in [2.24, 2.45) is 0 Å². The van der Waals surface area contributed by atoms with E-state index in [2.05, 4.69) is 35.4 Å². The maximum atomic E-state index is 5.75. The van der Waals surface area contributed by atoms with E-state index in [1.165, 1.54) is 31.5 Å². The molecule has 2 nitrogen and oxygen atoms in total.